The summed E-state index contributed by atoms with van der Waals surface area (Å²) in [6, 6.07) is 0. The molecule has 3 rings (SSSR count). The Balaban J connectivity index is 2.27. The molecule has 2 N–H and O–H groups in total. The Labute approximate surface area is 68.7 Å². The van der Waals surface area contributed by atoms with Gasteiger partial charge in [0.1, 0.15) is 0 Å². The molecule has 1 fully saturated rings. The van der Waals surface area contributed by atoms with E-state index in [0.717, 1.165) is 6.54 Å². The first-order valence-electron chi connectivity index (χ1n) is 4.59. The highest BCUT2D eigenvalue weighted by atomic mass is 14.6. The summed E-state index contributed by atoms with van der Waals surface area (Å²) < 4.78 is 0. The molecule has 1 nitrogen and oxygen atoms in total. The third-order valence-corrected chi connectivity index (χ3v) is 3.63. The molecular weight excluding hydrogens is 134 g/mol. The summed E-state index contributed by atoms with van der Waals surface area (Å²) in [5.74, 6) is 0. The van der Waals surface area contributed by atoms with Gasteiger partial charge in [-0.05, 0) is 31.1 Å². The number of allylic oxidation sites excluding steroid dienone is 1. The predicted octanol–water partition coefficient (Wildman–Crippen LogP) is 2.08. The van der Waals surface area contributed by atoms with Gasteiger partial charge in [-0.3, -0.25) is 0 Å². The molecule has 0 aliphatic heterocycles. The van der Waals surface area contributed by atoms with E-state index in [4.69, 9.17) is 5.73 Å². The normalized spacial score (nSPS) is 48.2. The molecule has 0 aromatic rings. The van der Waals surface area contributed by atoms with Crippen LogP contribution in [0.4, 0.5) is 0 Å². The topological polar surface area (TPSA) is 26.0 Å². The Morgan fingerprint density at radius 3 is 2.18 bits per heavy atom. The lowest BCUT2D eigenvalue weighted by molar-refractivity contribution is 0.143. The largest absolute Gasteiger partial charge is 0.330 e. The van der Waals surface area contributed by atoms with E-state index in [0.29, 0.717) is 10.8 Å². The van der Waals surface area contributed by atoms with Gasteiger partial charge < -0.3 is 5.73 Å². The quantitative estimate of drug-likeness (QED) is 0.570. The third-order valence-electron chi connectivity index (χ3n) is 3.63. The second-order valence-corrected chi connectivity index (χ2v) is 4.55. The summed E-state index contributed by atoms with van der Waals surface area (Å²) in [4.78, 5) is 0. The second-order valence-electron chi connectivity index (χ2n) is 4.55. The number of rotatable bonds is 1. The molecule has 1 heteroatoms. The zero-order valence-electron chi connectivity index (χ0n) is 7.27. The number of fused-ring (bicyclic) bond motifs is 2. The summed E-state index contributed by atoms with van der Waals surface area (Å²) >= 11 is 0. The predicted molar refractivity (Wildman–Crippen MR) is 47.2 cm³/mol. The monoisotopic (exact) mass is 151 g/mol. The summed E-state index contributed by atoms with van der Waals surface area (Å²) in [6.07, 6.45) is 10.1. The molecule has 1 saturated carbocycles. The first kappa shape index (κ1) is 7.35. The van der Waals surface area contributed by atoms with Crippen LogP contribution < -0.4 is 5.73 Å². The molecule has 0 amide bonds. The summed E-state index contributed by atoms with van der Waals surface area (Å²) in [5.41, 5.74) is 6.69. The lowest BCUT2D eigenvalue weighted by atomic mass is 9.59. The van der Waals surface area contributed by atoms with Gasteiger partial charge in [0.15, 0.2) is 0 Å². The van der Waals surface area contributed by atoms with Crippen molar-refractivity contribution in [2.45, 2.75) is 32.6 Å². The van der Waals surface area contributed by atoms with Crippen molar-refractivity contribution in [1.29, 1.82) is 0 Å². The highest BCUT2D eigenvalue weighted by Gasteiger charge is 2.40. The average molecular weight is 151 g/mol. The molecule has 3 aliphatic rings. The molecular formula is C10H17N. The molecule has 0 heterocycles. The number of nitrogens with two attached hydrogens (primary N) is 1. The summed E-state index contributed by atoms with van der Waals surface area (Å²) in [7, 11) is 0. The van der Waals surface area contributed by atoms with Crippen molar-refractivity contribution < 1.29 is 0 Å². The fraction of sp³-hybridized carbons (Fsp3) is 0.800. The molecule has 0 radical (unpaired) electrons. The van der Waals surface area contributed by atoms with Gasteiger partial charge in [-0.2, -0.15) is 0 Å². The van der Waals surface area contributed by atoms with Crippen LogP contribution in [0.25, 0.3) is 0 Å². The van der Waals surface area contributed by atoms with E-state index in [2.05, 4.69) is 19.1 Å². The van der Waals surface area contributed by atoms with Crippen LogP contribution in [0.3, 0.4) is 0 Å². The number of hydrogen-bond donors (Lipinski definition) is 1. The van der Waals surface area contributed by atoms with E-state index in [1.807, 2.05) is 0 Å². The van der Waals surface area contributed by atoms with Crippen molar-refractivity contribution in [3.8, 4) is 0 Å². The van der Waals surface area contributed by atoms with E-state index in [1.165, 1.54) is 25.7 Å². The molecule has 11 heavy (non-hydrogen) atoms. The average Bonchev–Trinajstić information content (AvgIpc) is 2.07. The van der Waals surface area contributed by atoms with Crippen molar-refractivity contribution in [1.82, 2.24) is 0 Å². The van der Waals surface area contributed by atoms with Gasteiger partial charge in [-0.1, -0.05) is 19.1 Å². The molecule has 0 spiro atoms. The van der Waals surface area contributed by atoms with Gasteiger partial charge >= 0.3 is 0 Å². The zero-order chi connectivity index (χ0) is 7.95. The van der Waals surface area contributed by atoms with Crippen LogP contribution in [0.2, 0.25) is 0 Å². The first-order valence-corrected chi connectivity index (χ1v) is 4.59. The van der Waals surface area contributed by atoms with Crippen LogP contribution in [0.5, 0.6) is 0 Å². The van der Waals surface area contributed by atoms with Crippen LogP contribution in [0.15, 0.2) is 12.2 Å². The molecule has 0 saturated heterocycles. The maximum Gasteiger partial charge on any atom is 0.00142 e. The summed E-state index contributed by atoms with van der Waals surface area (Å²) in [6.45, 7) is 3.21. The van der Waals surface area contributed by atoms with Gasteiger partial charge in [0.25, 0.3) is 0 Å². The highest BCUT2D eigenvalue weighted by Crippen LogP contribution is 2.51. The first-order chi connectivity index (χ1) is 5.18. The Morgan fingerprint density at radius 2 is 1.82 bits per heavy atom. The fourth-order valence-electron chi connectivity index (χ4n) is 2.30. The van der Waals surface area contributed by atoms with Crippen molar-refractivity contribution in [2.75, 3.05) is 6.54 Å². The molecule has 2 bridgehead atoms. The molecule has 0 atom stereocenters. The molecule has 0 unspecified atom stereocenters. The van der Waals surface area contributed by atoms with Crippen molar-refractivity contribution in [2.24, 2.45) is 16.6 Å². The van der Waals surface area contributed by atoms with Gasteiger partial charge in [-0.15, -0.1) is 0 Å². The summed E-state index contributed by atoms with van der Waals surface area (Å²) in [5, 5.41) is 0. The lowest BCUT2D eigenvalue weighted by Crippen LogP contribution is -2.40. The van der Waals surface area contributed by atoms with Crippen LogP contribution in [-0.2, 0) is 0 Å². The van der Waals surface area contributed by atoms with E-state index in [9.17, 15) is 0 Å². The van der Waals surface area contributed by atoms with Gasteiger partial charge in [0.05, 0.1) is 0 Å². The molecule has 62 valence electrons. The highest BCUT2D eigenvalue weighted by molar-refractivity contribution is 5.16. The molecule has 3 aliphatic carbocycles. The minimum absolute atomic E-state index is 0.401. The molecule has 0 aromatic heterocycles. The van der Waals surface area contributed by atoms with E-state index >= 15 is 0 Å². The second kappa shape index (κ2) is 2.10. The Hall–Kier alpha value is -0.300. The standard InChI is InChI=1S/C10H17N/c1-9-2-5-10(8-11,6-3-9)7-4-9/h2,5H,3-4,6-8,11H2,1H3. The van der Waals surface area contributed by atoms with Gasteiger partial charge in [-0.25, -0.2) is 0 Å². The van der Waals surface area contributed by atoms with Crippen LogP contribution in [0, 0.1) is 10.8 Å². The van der Waals surface area contributed by atoms with Crippen molar-refractivity contribution in [3.63, 3.8) is 0 Å². The zero-order valence-corrected chi connectivity index (χ0v) is 7.27. The third kappa shape index (κ3) is 1.02. The Kier molecular flexibility index (Phi) is 1.40. The lowest BCUT2D eigenvalue weighted by Gasteiger charge is -2.46. The number of hydrogen-bond acceptors (Lipinski definition) is 1. The minimum Gasteiger partial charge on any atom is -0.330 e. The van der Waals surface area contributed by atoms with Crippen molar-refractivity contribution >= 4 is 0 Å². The van der Waals surface area contributed by atoms with Crippen LogP contribution in [0.1, 0.15) is 32.6 Å². The van der Waals surface area contributed by atoms with Crippen LogP contribution >= 0.6 is 0 Å². The minimum atomic E-state index is 0.401. The van der Waals surface area contributed by atoms with Gasteiger partial charge in [0.2, 0.25) is 0 Å². The maximum atomic E-state index is 5.77. The van der Waals surface area contributed by atoms with Gasteiger partial charge in [0, 0.05) is 12.0 Å². The van der Waals surface area contributed by atoms with Crippen LogP contribution in [-0.4, -0.2) is 6.54 Å². The SMILES string of the molecule is CC12C=CC(CN)(CC1)CC2. The Morgan fingerprint density at radius 1 is 1.18 bits per heavy atom. The smallest absolute Gasteiger partial charge is 0.00142 e. The van der Waals surface area contributed by atoms with E-state index < -0.39 is 0 Å². The maximum absolute atomic E-state index is 5.77. The van der Waals surface area contributed by atoms with Crippen molar-refractivity contribution in [3.05, 3.63) is 12.2 Å². The fourth-order valence-corrected chi connectivity index (χ4v) is 2.30. The van der Waals surface area contributed by atoms with E-state index in [1.54, 1.807) is 0 Å². The Bertz CT molecular complexity index is 185. The van der Waals surface area contributed by atoms with E-state index in [-0.39, 0.29) is 0 Å². The molecule has 0 aromatic carbocycles.